The quantitative estimate of drug-likeness (QED) is 0.920. The molecule has 0 spiro atoms. The first-order chi connectivity index (χ1) is 9.13. The maximum absolute atomic E-state index is 8.80. The molecule has 0 aromatic heterocycles. The van der Waals surface area contributed by atoms with Gasteiger partial charge < -0.3 is 10.1 Å². The molecule has 0 unspecified atom stereocenters. The summed E-state index contributed by atoms with van der Waals surface area (Å²) in [7, 11) is 0. The van der Waals surface area contributed by atoms with Crippen LogP contribution in [-0.4, -0.2) is 19.8 Å². The molecule has 1 aromatic carbocycles. The van der Waals surface area contributed by atoms with Crippen molar-refractivity contribution in [2.24, 2.45) is 5.41 Å². The minimum atomic E-state index is 0.317. The van der Waals surface area contributed by atoms with Crippen molar-refractivity contribution < 1.29 is 4.74 Å². The van der Waals surface area contributed by atoms with E-state index < -0.39 is 0 Å². The zero-order valence-corrected chi connectivity index (χ0v) is 12.0. The van der Waals surface area contributed by atoms with Crippen molar-refractivity contribution in [2.45, 2.75) is 26.3 Å². The van der Waals surface area contributed by atoms with Crippen LogP contribution in [0.25, 0.3) is 0 Å². The predicted molar refractivity (Wildman–Crippen MR) is 76.0 cm³/mol. The van der Waals surface area contributed by atoms with Crippen molar-refractivity contribution in [3.63, 3.8) is 0 Å². The molecular formula is C15H19ClN2O. The van der Waals surface area contributed by atoms with Crippen LogP contribution < -0.4 is 5.32 Å². The molecule has 1 N–H and O–H groups in total. The molecule has 1 fully saturated rings. The number of benzene rings is 1. The van der Waals surface area contributed by atoms with Gasteiger partial charge in [-0.1, -0.05) is 24.6 Å². The van der Waals surface area contributed by atoms with Gasteiger partial charge >= 0.3 is 0 Å². The summed E-state index contributed by atoms with van der Waals surface area (Å²) in [6, 6.07) is 7.53. The first-order valence-corrected chi connectivity index (χ1v) is 6.98. The maximum atomic E-state index is 8.80. The molecule has 0 bridgehead atoms. The highest BCUT2D eigenvalue weighted by molar-refractivity contribution is 6.31. The Morgan fingerprint density at radius 2 is 2.16 bits per heavy atom. The lowest BCUT2D eigenvalue weighted by Crippen LogP contribution is -2.36. The van der Waals surface area contributed by atoms with Gasteiger partial charge in [0.25, 0.3) is 0 Å². The van der Waals surface area contributed by atoms with E-state index in [4.69, 9.17) is 21.6 Å². The van der Waals surface area contributed by atoms with Gasteiger partial charge in [-0.2, -0.15) is 5.26 Å². The number of nitrogens with one attached hydrogen (secondary N) is 1. The first-order valence-electron chi connectivity index (χ1n) is 6.60. The molecule has 2 rings (SSSR count). The van der Waals surface area contributed by atoms with E-state index in [0.717, 1.165) is 44.7 Å². The summed E-state index contributed by atoms with van der Waals surface area (Å²) in [5, 5.41) is 12.9. The molecule has 19 heavy (non-hydrogen) atoms. The van der Waals surface area contributed by atoms with E-state index in [0.29, 0.717) is 16.0 Å². The van der Waals surface area contributed by atoms with Gasteiger partial charge in [0.2, 0.25) is 0 Å². The van der Waals surface area contributed by atoms with Gasteiger partial charge in [0.1, 0.15) is 0 Å². The number of nitrogens with zero attached hydrogens (tertiary/aromatic N) is 1. The first kappa shape index (κ1) is 14.3. The van der Waals surface area contributed by atoms with E-state index >= 15 is 0 Å². The number of rotatable bonds is 4. The maximum Gasteiger partial charge on any atom is 0.0992 e. The van der Waals surface area contributed by atoms with Gasteiger partial charge in [0, 0.05) is 31.3 Å². The van der Waals surface area contributed by atoms with Crippen LogP contribution in [0, 0.1) is 16.7 Å². The van der Waals surface area contributed by atoms with Crippen molar-refractivity contribution in [2.75, 3.05) is 19.8 Å². The Bertz CT molecular complexity index is 476. The number of hydrogen-bond acceptors (Lipinski definition) is 3. The van der Waals surface area contributed by atoms with Crippen molar-refractivity contribution in [3.05, 3.63) is 34.3 Å². The summed E-state index contributed by atoms with van der Waals surface area (Å²) < 4.78 is 5.39. The van der Waals surface area contributed by atoms with Gasteiger partial charge in [0.05, 0.1) is 11.6 Å². The molecule has 4 heteroatoms. The monoisotopic (exact) mass is 278 g/mol. The topological polar surface area (TPSA) is 45.0 Å². The third kappa shape index (κ3) is 3.94. The molecule has 1 aliphatic heterocycles. The van der Waals surface area contributed by atoms with E-state index in [1.54, 1.807) is 12.1 Å². The lowest BCUT2D eigenvalue weighted by molar-refractivity contribution is 0.0240. The van der Waals surface area contributed by atoms with Crippen molar-refractivity contribution >= 4 is 11.6 Å². The molecule has 0 aliphatic carbocycles. The van der Waals surface area contributed by atoms with Gasteiger partial charge in [-0.15, -0.1) is 0 Å². The minimum Gasteiger partial charge on any atom is -0.381 e. The van der Waals surface area contributed by atoms with Crippen LogP contribution >= 0.6 is 11.6 Å². The van der Waals surface area contributed by atoms with E-state index in [2.05, 4.69) is 18.3 Å². The smallest absolute Gasteiger partial charge is 0.0992 e. The number of hydrogen-bond donors (Lipinski definition) is 1. The summed E-state index contributed by atoms with van der Waals surface area (Å²) in [5.74, 6) is 0. The second-order valence-corrected chi connectivity index (χ2v) is 5.85. The fourth-order valence-electron chi connectivity index (χ4n) is 2.30. The third-order valence-corrected chi connectivity index (χ3v) is 4.10. The Kier molecular flexibility index (Phi) is 4.81. The average Bonchev–Trinajstić information content (AvgIpc) is 2.41. The molecular weight excluding hydrogens is 260 g/mol. The Balaban J connectivity index is 1.87. The van der Waals surface area contributed by atoms with E-state index in [1.807, 2.05) is 6.07 Å². The Morgan fingerprint density at radius 1 is 1.42 bits per heavy atom. The lowest BCUT2D eigenvalue weighted by Gasteiger charge is -2.33. The van der Waals surface area contributed by atoms with E-state index in [9.17, 15) is 0 Å². The van der Waals surface area contributed by atoms with Gasteiger partial charge in [-0.25, -0.2) is 0 Å². The van der Waals surface area contributed by atoms with E-state index in [-0.39, 0.29) is 0 Å². The molecule has 3 nitrogen and oxygen atoms in total. The normalized spacial score (nSPS) is 17.9. The molecule has 0 atom stereocenters. The predicted octanol–water partition coefficient (Wildman–Crippen LogP) is 3.12. The van der Waals surface area contributed by atoms with Crippen LogP contribution in [0.1, 0.15) is 30.9 Å². The summed E-state index contributed by atoms with van der Waals surface area (Å²) in [4.78, 5) is 0. The number of nitriles is 1. The van der Waals surface area contributed by atoms with Crippen LogP contribution in [0.5, 0.6) is 0 Å². The highest BCUT2D eigenvalue weighted by Gasteiger charge is 2.26. The summed E-state index contributed by atoms with van der Waals surface area (Å²) in [6.07, 6.45) is 2.20. The second-order valence-electron chi connectivity index (χ2n) is 5.44. The van der Waals surface area contributed by atoms with Gasteiger partial charge in [-0.05, 0) is 36.0 Å². The summed E-state index contributed by atoms with van der Waals surface area (Å²) in [6.45, 7) is 5.71. The molecule has 102 valence electrons. The summed E-state index contributed by atoms with van der Waals surface area (Å²) in [5.41, 5.74) is 1.96. The molecule has 1 heterocycles. The second kappa shape index (κ2) is 6.38. The molecule has 1 aliphatic rings. The standard InChI is InChI=1S/C15H19ClN2O/c1-15(4-6-19-7-5-15)11-18-10-13-3-2-12(9-17)8-14(13)16/h2-3,8,18H,4-7,10-11H2,1H3. The minimum absolute atomic E-state index is 0.317. The van der Waals surface area contributed by atoms with Crippen LogP contribution in [-0.2, 0) is 11.3 Å². The third-order valence-electron chi connectivity index (χ3n) is 3.75. The van der Waals surface area contributed by atoms with Crippen LogP contribution in [0.3, 0.4) is 0 Å². The zero-order chi connectivity index (χ0) is 13.7. The SMILES string of the molecule is CC1(CNCc2ccc(C#N)cc2Cl)CCOCC1. The molecule has 0 saturated carbocycles. The fourth-order valence-corrected chi connectivity index (χ4v) is 2.55. The average molecular weight is 279 g/mol. The zero-order valence-electron chi connectivity index (χ0n) is 11.2. The Morgan fingerprint density at radius 3 is 2.79 bits per heavy atom. The van der Waals surface area contributed by atoms with Crippen LogP contribution in [0.15, 0.2) is 18.2 Å². The van der Waals surface area contributed by atoms with Gasteiger partial charge in [0.15, 0.2) is 0 Å². The van der Waals surface area contributed by atoms with Gasteiger partial charge in [-0.3, -0.25) is 0 Å². The van der Waals surface area contributed by atoms with Crippen molar-refractivity contribution in [3.8, 4) is 6.07 Å². The molecule has 0 amide bonds. The highest BCUT2D eigenvalue weighted by Crippen LogP contribution is 2.29. The molecule has 0 radical (unpaired) electrons. The Labute approximate surface area is 119 Å². The Hall–Kier alpha value is -1.08. The molecule has 1 saturated heterocycles. The van der Waals surface area contributed by atoms with Crippen LogP contribution in [0.2, 0.25) is 5.02 Å². The fraction of sp³-hybridized carbons (Fsp3) is 0.533. The number of ether oxygens (including phenoxy) is 1. The molecule has 1 aromatic rings. The van der Waals surface area contributed by atoms with Crippen molar-refractivity contribution in [1.29, 1.82) is 5.26 Å². The largest absolute Gasteiger partial charge is 0.381 e. The summed E-state index contributed by atoms with van der Waals surface area (Å²) >= 11 is 6.15. The van der Waals surface area contributed by atoms with E-state index in [1.165, 1.54) is 0 Å². The number of halogens is 1. The lowest BCUT2D eigenvalue weighted by atomic mass is 9.82. The highest BCUT2D eigenvalue weighted by atomic mass is 35.5. The van der Waals surface area contributed by atoms with Crippen LogP contribution in [0.4, 0.5) is 0 Å². The van der Waals surface area contributed by atoms with Crippen molar-refractivity contribution in [1.82, 2.24) is 5.32 Å².